The van der Waals surface area contributed by atoms with Crippen LogP contribution >= 0.6 is 0 Å². The Morgan fingerprint density at radius 1 is 1.23 bits per heavy atom. The Bertz CT molecular complexity index is 963. The van der Waals surface area contributed by atoms with E-state index in [1.54, 1.807) is 13.2 Å². The standard InChI is InChI=1S/C26H33N3O2/c1-3-4-8-24-21(9-10-22-11-13-23(31-2)19-25(22)24)12-14-26(30)28-16-5-6-17-29-18-7-15-27-20-29/h7,9-15,18-19H,3-6,8,16-17,20H2,1-2H3,(H,28,30). The first-order valence-corrected chi connectivity index (χ1v) is 11.2. The number of aliphatic imine (C=N–C) groups is 1. The van der Waals surface area contributed by atoms with Gasteiger partial charge >= 0.3 is 0 Å². The van der Waals surface area contributed by atoms with Gasteiger partial charge in [-0.1, -0.05) is 31.5 Å². The molecule has 2 aromatic rings. The molecule has 0 aliphatic carbocycles. The van der Waals surface area contributed by atoms with Crippen LogP contribution in [0, 0.1) is 0 Å². The lowest BCUT2D eigenvalue weighted by Crippen LogP contribution is -2.24. The van der Waals surface area contributed by atoms with Gasteiger partial charge in [0, 0.05) is 31.6 Å². The molecule has 31 heavy (non-hydrogen) atoms. The van der Waals surface area contributed by atoms with Crippen molar-refractivity contribution in [1.29, 1.82) is 0 Å². The molecule has 1 aliphatic heterocycles. The summed E-state index contributed by atoms with van der Waals surface area (Å²) in [5.74, 6) is 0.811. The van der Waals surface area contributed by atoms with E-state index < -0.39 is 0 Å². The molecule has 0 aromatic heterocycles. The molecule has 0 bridgehead atoms. The highest BCUT2D eigenvalue weighted by molar-refractivity contribution is 5.94. The maximum absolute atomic E-state index is 12.3. The normalized spacial score (nSPS) is 13.3. The Morgan fingerprint density at radius 3 is 2.87 bits per heavy atom. The van der Waals surface area contributed by atoms with Crippen molar-refractivity contribution >= 4 is 29.0 Å². The van der Waals surface area contributed by atoms with Crippen LogP contribution in [-0.2, 0) is 11.2 Å². The van der Waals surface area contributed by atoms with Crippen LogP contribution in [0.15, 0.2) is 53.7 Å². The van der Waals surface area contributed by atoms with E-state index in [1.807, 2.05) is 24.4 Å². The summed E-state index contributed by atoms with van der Waals surface area (Å²) in [7, 11) is 1.69. The summed E-state index contributed by atoms with van der Waals surface area (Å²) in [6.07, 6.45) is 14.6. The Kier molecular flexibility index (Phi) is 8.71. The van der Waals surface area contributed by atoms with E-state index in [4.69, 9.17) is 4.74 Å². The van der Waals surface area contributed by atoms with Crippen molar-refractivity contribution in [3.63, 3.8) is 0 Å². The number of nitrogens with zero attached hydrogens (tertiary/aromatic N) is 2. The van der Waals surface area contributed by atoms with Gasteiger partial charge in [-0.05, 0) is 71.9 Å². The highest BCUT2D eigenvalue weighted by Gasteiger charge is 2.08. The number of unbranched alkanes of at least 4 members (excludes halogenated alkanes) is 2. The Hall–Kier alpha value is -3.08. The number of carbonyl (C=O) groups is 1. The van der Waals surface area contributed by atoms with E-state index in [0.29, 0.717) is 6.54 Å². The van der Waals surface area contributed by atoms with Crippen molar-refractivity contribution in [3.8, 4) is 5.75 Å². The Morgan fingerprint density at radius 2 is 2.10 bits per heavy atom. The number of carbonyl (C=O) groups excluding carboxylic acids is 1. The first kappa shape index (κ1) is 22.6. The molecule has 0 atom stereocenters. The number of rotatable bonds is 11. The monoisotopic (exact) mass is 419 g/mol. The highest BCUT2D eigenvalue weighted by Crippen LogP contribution is 2.28. The number of allylic oxidation sites excluding steroid dienone is 1. The van der Waals surface area contributed by atoms with Gasteiger partial charge in [-0.25, -0.2) is 0 Å². The molecule has 0 radical (unpaired) electrons. The summed E-state index contributed by atoms with van der Waals surface area (Å²) in [6, 6.07) is 10.4. The second-order valence-electron chi connectivity index (χ2n) is 7.78. The smallest absolute Gasteiger partial charge is 0.243 e. The number of ether oxygens (including phenoxy) is 1. The number of hydrogen-bond donors (Lipinski definition) is 1. The maximum Gasteiger partial charge on any atom is 0.243 e. The van der Waals surface area contributed by atoms with Crippen LogP contribution < -0.4 is 10.1 Å². The molecule has 164 valence electrons. The van der Waals surface area contributed by atoms with Crippen LogP contribution in [0.3, 0.4) is 0 Å². The second-order valence-corrected chi connectivity index (χ2v) is 7.78. The van der Waals surface area contributed by atoms with Crippen LogP contribution in [-0.4, -0.2) is 43.9 Å². The topological polar surface area (TPSA) is 53.9 Å². The van der Waals surface area contributed by atoms with E-state index in [9.17, 15) is 4.79 Å². The number of aryl methyl sites for hydroxylation is 1. The van der Waals surface area contributed by atoms with Crippen LogP contribution in [0.2, 0.25) is 0 Å². The van der Waals surface area contributed by atoms with Gasteiger partial charge in [0.25, 0.3) is 0 Å². The molecule has 0 fully saturated rings. The van der Waals surface area contributed by atoms with Gasteiger partial charge < -0.3 is 15.0 Å². The molecule has 5 nitrogen and oxygen atoms in total. The van der Waals surface area contributed by atoms with Crippen LogP contribution in [0.1, 0.15) is 43.7 Å². The summed E-state index contributed by atoms with van der Waals surface area (Å²) in [5.41, 5.74) is 2.38. The predicted octanol–water partition coefficient (Wildman–Crippen LogP) is 4.96. The SMILES string of the molecule is CCCCc1c(C=CC(=O)NCCCCN2C=CC=NC2)ccc2ccc(OC)cc12. The molecule has 0 spiro atoms. The Labute approximate surface area is 185 Å². The van der Waals surface area contributed by atoms with E-state index in [1.165, 1.54) is 16.3 Å². The molecule has 0 unspecified atom stereocenters. The van der Waals surface area contributed by atoms with E-state index in [0.717, 1.165) is 56.6 Å². The zero-order chi connectivity index (χ0) is 21.9. The zero-order valence-corrected chi connectivity index (χ0v) is 18.6. The number of fused-ring (bicyclic) bond motifs is 1. The minimum absolute atomic E-state index is 0.0466. The fraction of sp³-hybridized carbons (Fsp3) is 0.385. The second kappa shape index (κ2) is 11.9. The molecular formula is C26H33N3O2. The third-order valence-electron chi connectivity index (χ3n) is 5.49. The molecule has 1 N–H and O–H groups in total. The Balaban J connectivity index is 1.58. The van der Waals surface area contributed by atoms with Crippen molar-refractivity contribution < 1.29 is 9.53 Å². The van der Waals surface area contributed by atoms with Gasteiger partial charge in [-0.3, -0.25) is 9.79 Å². The number of methoxy groups -OCH3 is 1. The number of benzene rings is 2. The van der Waals surface area contributed by atoms with E-state index in [2.05, 4.69) is 52.6 Å². The first-order valence-electron chi connectivity index (χ1n) is 11.2. The van der Waals surface area contributed by atoms with Gasteiger partial charge in [-0.15, -0.1) is 0 Å². The predicted molar refractivity (Wildman–Crippen MR) is 130 cm³/mol. The number of amides is 1. The minimum atomic E-state index is -0.0466. The molecule has 5 heteroatoms. The van der Waals surface area contributed by atoms with Gasteiger partial charge in [0.2, 0.25) is 5.91 Å². The van der Waals surface area contributed by atoms with Crippen LogP contribution in [0.4, 0.5) is 0 Å². The van der Waals surface area contributed by atoms with Crippen molar-refractivity contribution in [2.75, 3.05) is 26.9 Å². The lowest BCUT2D eigenvalue weighted by molar-refractivity contribution is -0.116. The average Bonchev–Trinajstić information content (AvgIpc) is 2.81. The van der Waals surface area contributed by atoms with Crippen molar-refractivity contribution in [1.82, 2.24) is 10.2 Å². The fourth-order valence-electron chi connectivity index (χ4n) is 3.73. The van der Waals surface area contributed by atoms with Crippen molar-refractivity contribution in [3.05, 3.63) is 59.8 Å². The molecule has 0 saturated heterocycles. The van der Waals surface area contributed by atoms with Crippen molar-refractivity contribution in [2.45, 2.75) is 39.0 Å². The highest BCUT2D eigenvalue weighted by atomic mass is 16.5. The molecule has 1 aliphatic rings. The fourth-order valence-corrected chi connectivity index (χ4v) is 3.73. The lowest BCUT2D eigenvalue weighted by atomic mass is 9.94. The average molecular weight is 420 g/mol. The summed E-state index contributed by atoms with van der Waals surface area (Å²) in [4.78, 5) is 18.7. The molecule has 3 rings (SSSR count). The summed E-state index contributed by atoms with van der Waals surface area (Å²) < 4.78 is 5.43. The quantitative estimate of drug-likeness (QED) is 0.414. The van der Waals surface area contributed by atoms with Gasteiger partial charge in [0.1, 0.15) is 12.4 Å². The molecule has 2 aromatic carbocycles. The third-order valence-corrected chi connectivity index (χ3v) is 5.49. The summed E-state index contributed by atoms with van der Waals surface area (Å²) >= 11 is 0. The zero-order valence-electron chi connectivity index (χ0n) is 18.6. The summed E-state index contributed by atoms with van der Waals surface area (Å²) in [5, 5.41) is 5.39. The van der Waals surface area contributed by atoms with Crippen LogP contribution in [0.25, 0.3) is 16.8 Å². The van der Waals surface area contributed by atoms with Crippen LogP contribution in [0.5, 0.6) is 5.75 Å². The number of hydrogen-bond acceptors (Lipinski definition) is 4. The molecule has 1 amide bonds. The van der Waals surface area contributed by atoms with Crippen molar-refractivity contribution in [2.24, 2.45) is 4.99 Å². The van der Waals surface area contributed by atoms with Gasteiger partial charge in [-0.2, -0.15) is 0 Å². The largest absolute Gasteiger partial charge is 0.497 e. The van der Waals surface area contributed by atoms with Gasteiger partial charge in [0.15, 0.2) is 0 Å². The summed E-state index contributed by atoms with van der Waals surface area (Å²) in [6.45, 7) is 4.57. The third kappa shape index (κ3) is 6.71. The maximum atomic E-state index is 12.3. The van der Waals surface area contributed by atoms with Gasteiger partial charge in [0.05, 0.1) is 7.11 Å². The minimum Gasteiger partial charge on any atom is -0.497 e. The number of nitrogens with one attached hydrogen (secondary N) is 1. The molecule has 1 heterocycles. The van der Waals surface area contributed by atoms with E-state index in [-0.39, 0.29) is 5.91 Å². The molecular weight excluding hydrogens is 386 g/mol. The molecule has 0 saturated carbocycles. The van der Waals surface area contributed by atoms with E-state index >= 15 is 0 Å². The first-order chi connectivity index (χ1) is 15.2. The lowest BCUT2D eigenvalue weighted by Gasteiger charge is -2.19.